The molecule has 4 nitrogen and oxygen atoms in total. The SMILES string of the molecule is CS(=O)(=O)OCCOc1ccc(Cl)c(Cl)c1. The van der Waals surface area contributed by atoms with Crippen LogP contribution in [0.1, 0.15) is 0 Å². The highest BCUT2D eigenvalue weighted by Gasteiger charge is 2.03. The molecule has 0 saturated carbocycles. The van der Waals surface area contributed by atoms with Crippen LogP contribution in [-0.2, 0) is 14.3 Å². The van der Waals surface area contributed by atoms with E-state index in [9.17, 15) is 8.42 Å². The third-order valence-corrected chi connectivity index (χ3v) is 2.87. The summed E-state index contributed by atoms with van der Waals surface area (Å²) < 4.78 is 30.9. The van der Waals surface area contributed by atoms with Gasteiger partial charge in [-0.25, -0.2) is 0 Å². The predicted molar refractivity (Wildman–Crippen MR) is 62.8 cm³/mol. The molecule has 1 rings (SSSR count). The van der Waals surface area contributed by atoms with E-state index in [1.807, 2.05) is 0 Å². The quantitative estimate of drug-likeness (QED) is 0.615. The van der Waals surface area contributed by atoms with Crippen molar-refractivity contribution in [1.82, 2.24) is 0 Å². The Labute approximate surface area is 104 Å². The average Bonchev–Trinajstić information content (AvgIpc) is 2.17. The van der Waals surface area contributed by atoms with Crippen LogP contribution in [0, 0.1) is 0 Å². The molecule has 0 bridgehead atoms. The molecule has 0 amide bonds. The minimum Gasteiger partial charge on any atom is -0.491 e. The molecule has 0 aromatic heterocycles. The third-order valence-electron chi connectivity index (χ3n) is 1.54. The number of hydrogen-bond donors (Lipinski definition) is 0. The average molecular weight is 285 g/mol. The first kappa shape index (κ1) is 13.6. The Morgan fingerprint density at radius 3 is 2.44 bits per heavy atom. The zero-order valence-electron chi connectivity index (χ0n) is 8.44. The Hall–Kier alpha value is -0.490. The number of rotatable bonds is 5. The fourth-order valence-corrected chi connectivity index (χ4v) is 1.57. The molecule has 90 valence electrons. The number of halogens is 2. The molecule has 16 heavy (non-hydrogen) atoms. The molecule has 0 aliphatic rings. The van der Waals surface area contributed by atoms with E-state index < -0.39 is 10.1 Å². The van der Waals surface area contributed by atoms with Crippen molar-refractivity contribution in [1.29, 1.82) is 0 Å². The molecule has 7 heteroatoms. The van der Waals surface area contributed by atoms with Crippen LogP contribution < -0.4 is 4.74 Å². The first-order valence-corrected chi connectivity index (χ1v) is 6.88. The molecule has 0 N–H and O–H groups in total. The largest absolute Gasteiger partial charge is 0.491 e. The van der Waals surface area contributed by atoms with Gasteiger partial charge in [0.25, 0.3) is 10.1 Å². The summed E-state index contributed by atoms with van der Waals surface area (Å²) in [4.78, 5) is 0. The van der Waals surface area contributed by atoms with Gasteiger partial charge >= 0.3 is 0 Å². The van der Waals surface area contributed by atoms with Crippen molar-refractivity contribution in [2.24, 2.45) is 0 Å². The van der Waals surface area contributed by atoms with Crippen molar-refractivity contribution in [3.8, 4) is 5.75 Å². The second-order valence-corrected chi connectivity index (χ2v) is 5.41. The minimum absolute atomic E-state index is 0.0426. The molecule has 1 aromatic rings. The Morgan fingerprint density at radius 1 is 1.19 bits per heavy atom. The number of ether oxygens (including phenoxy) is 1. The second-order valence-electron chi connectivity index (χ2n) is 2.95. The summed E-state index contributed by atoms with van der Waals surface area (Å²) in [6, 6.07) is 4.77. The first-order valence-electron chi connectivity index (χ1n) is 4.31. The number of benzene rings is 1. The Balaban J connectivity index is 2.41. The van der Waals surface area contributed by atoms with Crippen molar-refractivity contribution in [3.05, 3.63) is 28.2 Å². The molecule has 0 radical (unpaired) electrons. The van der Waals surface area contributed by atoms with Gasteiger partial charge in [-0.3, -0.25) is 4.18 Å². The van der Waals surface area contributed by atoms with Crippen LogP contribution in [0.4, 0.5) is 0 Å². The lowest BCUT2D eigenvalue weighted by molar-refractivity contribution is 0.222. The number of hydrogen-bond acceptors (Lipinski definition) is 4. The van der Waals surface area contributed by atoms with Crippen LogP contribution in [0.2, 0.25) is 10.0 Å². The Kier molecular flexibility index (Phi) is 4.86. The van der Waals surface area contributed by atoms with Gasteiger partial charge in [-0.1, -0.05) is 23.2 Å². The summed E-state index contributed by atoms with van der Waals surface area (Å²) in [5.41, 5.74) is 0. The molecule has 0 aliphatic carbocycles. The normalized spacial score (nSPS) is 11.4. The van der Waals surface area contributed by atoms with Crippen LogP contribution in [0.5, 0.6) is 5.75 Å². The predicted octanol–water partition coefficient (Wildman–Crippen LogP) is 2.35. The van der Waals surface area contributed by atoms with Crippen LogP contribution in [0.3, 0.4) is 0 Å². The molecular weight excluding hydrogens is 275 g/mol. The summed E-state index contributed by atoms with van der Waals surface area (Å²) in [7, 11) is -3.42. The van der Waals surface area contributed by atoms with Gasteiger partial charge in [-0.15, -0.1) is 0 Å². The topological polar surface area (TPSA) is 52.6 Å². The van der Waals surface area contributed by atoms with E-state index in [0.717, 1.165) is 6.26 Å². The summed E-state index contributed by atoms with van der Waals surface area (Å²) in [5.74, 6) is 0.506. The molecule has 0 saturated heterocycles. The molecular formula is C9H10Cl2O4S. The lowest BCUT2D eigenvalue weighted by Gasteiger charge is -2.06. The Morgan fingerprint density at radius 2 is 1.88 bits per heavy atom. The van der Waals surface area contributed by atoms with Gasteiger partial charge in [0.2, 0.25) is 0 Å². The summed E-state index contributed by atoms with van der Waals surface area (Å²) in [5, 5.41) is 0.810. The van der Waals surface area contributed by atoms with Crippen LogP contribution in [0.25, 0.3) is 0 Å². The van der Waals surface area contributed by atoms with Gasteiger partial charge in [0.15, 0.2) is 0 Å². The third kappa shape index (κ3) is 5.03. The van der Waals surface area contributed by atoms with Crippen LogP contribution >= 0.6 is 23.2 Å². The fourth-order valence-electron chi connectivity index (χ4n) is 0.912. The van der Waals surface area contributed by atoms with Crippen molar-refractivity contribution in [2.75, 3.05) is 19.5 Å². The molecule has 0 fully saturated rings. The van der Waals surface area contributed by atoms with E-state index >= 15 is 0 Å². The summed E-state index contributed by atoms with van der Waals surface area (Å²) >= 11 is 11.5. The second kappa shape index (κ2) is 5.72. The molecule has 1 aromatic carbocycles. The van der Waals surface area contributed by atoms with Gasteiger partial charge < -0.3 is 4.74 Å². The van der Waals surface area contributed by atoms with Gasteiger partial charge in [-0.2, -0.15) is 8.42 Å². The molecule has 0 heterocycles. The smallest absolute Gasteiger partial charge is 0.264 e. The zero-order valence-corrected chi connectivity index (χ0v) is 10.8. The van der Waals surface area contributed by atoms with Gasteiger partial charge in [-0.05, 0) is 12.1 Å². The van der Waals surface area contributed by atoms with Gasteiger partial charge in [0.1, 0.15) is 19.0 Å². The highest BCUT2D eigenvalue weighted by atomic mass is 35.5. The van der Waals surface area contributed by atoms with E-state index in [-0.39, 0.29) is 13.2 Å². The molecule has 0 spiro atoms. The van der Waals surface area contributed by atoms with E-state index in [4.69, 9.17) is 27.9 Å². The fraction of sp³-hybridized carbons (Fsp3) is 0.333. The molecule has 0 unspecified atom stereocenters. The van der Waals surface area contributed by atoms with E-state index in [2.05, 4.69) is 4.18 Å². The summed E-state index contributed by atoms with van der Waals surface area (Å²) in [6.45, 7) is 0.0735. The van der Waals surface area contributed by atoms with Crippen molar-refractivity contribution in [3.63, 3.8) is 0 Å². The standard InChI is InChI=1S/C9H10Cl2O4S/c1-16(12,13)15-5-4-14-7-2-3-8(10)9(11)6-7/h2-3,6H,4-5H2,1H3. The minimum atomic E-state index is -3.42. The van der Waals surface area contributed by atoms with Crippen molar-refractivity contribution >= 4 is 33.3 Å². The zero-order chi connectivity index (χ0) is 12.2. The van der Waals surface area contributed by atoms with Crippen LogP contribution in [0.15, 0.2) is 18.2 Å². The molecule has 0 aliphatic heterocycles. The van der Waals surface area contributed by atoms with Crippen molar-refractivity contribution < 1.29 is 17.3 Å². The maximum atomic E-state index is 10.6. The maximum Gasteiger partial charge on any atom is 0.264 e. The maximum absolute atomic E-state index is 10.6. The summed E-state index contributed by atoms with van der Waals surface area (Å²) in [6.07, 6.45) is 0.978. The first-order chi connectivity index (χ1) is 7.38. The molecule has 0 atom stereocenters. The van der Waals surface area contributed by atoms with E-state index in [1.165, 1.54) is 0 Å². The lowest BCUT2D eigenvalue weighted by Crippen LogP contribution is -2.11. The lowest BCUT2D eigenvalue weighted by atomic mass is 10.3. The van der Waals surface area contributed by atoms with Gasteiger partial charge in [0, 0.05) is 6.07 Å². The highest BCUT2D eigenvalue weighted by Crippen LogP contribution is 2.26. The Bertz CT molecular complexity index is 459. The van der Waals surface area contributed by atoms with Gasteiger partial charge in [0.05, 0.1) is 16.3 Å². The van der Waals surface area contributed by atoms with E-state index in [1.54, 1.807) is 18.2 Å². The van der Waals surface area contributed by atoms with Crippen molar-refractivity contribution in [2.45, 2.75) is 0 Å². The highest BCUT2D eigenvalue weighted by molar-refractivity contribution is 7.85. The van der Waals surface area contributed by atoms with Crippen LogP contribution in [-0.4, -0.2) is 27.9 Å². The monoisotopic (exact) mass is 284 g/mol. The van der Waals surface area contributed by atoms with E-state index in [0.29, 0.717) is 15.8 Å².